The fraction of sp³-hybridized carbons (Fsp3) is 0.400. The highest BCUT2D eigenvalue weighted by Gasteiger charge is 2.25. The summed E-state index contributed by atoms with van der Waals surface area (Å²) in [6.45, 7) is 3.00. The van der Waals surface area contributed by atoms with Gasteiger partial charge in [0.2, 0.25) is 11.9 Å². The lowest BCUT2D eigenvalue weighted by molar-refractivity contribution is -0.124. The van der Waals surface area contributed by atoms with Gasteiger partial charge < -0.3 is 20.6 Å². The number of aryl methyl sites for hydroxylation is 1. The summed E-state index contributed by atoms with van der Waals surface area (Å²) in [5.74, 6) is 0.929. The second-order valence-corrected chi connectivity index (χ2v) is 6.77. The molecule has 1 amide bonds. The Morgan fingerprint density at radius 2 is 2.25 bits per heavy atom. The van der Waals surface area contributed by atoms with Gasteiger partial charge in [-0.2, -0.15) is 10.2 Å². The Morgan fingerprint density at radius 3 is 3.00 bits per heavy atom. The first kappa shape index (κ1) is 19.6. The normalized spacial score (nSPS) is 15.9. The molecule has 0 unspecified atom stereocenters. The van der Waals surface area contributed by atoms with Crippen LogP contribution in [0.25, 0.3) is 0 Å². The van der Waals surface area contributed by atoms with E-state index in [1.807, 2.05) is 18.2 Å². The molecule has 1 aromatic carbocycles. The van der Waals surface area contributed by atoms with Crippen LogP contribution in [0.3, 0.4) is 0 Å². The molecule has 1 aromatic heterocycles. The molecule has 1 aliphatic heterocycles. The predicted molar refractivity (Wildman–Crippen MR) is 106 cm³/mol. The number of anilines is 3. The van der Waals surface area contributed by atoms with E-state index in [0.29, 0.717) is 18.1 Å². The maximum Gasteiger partial charge on any atom is 0.245 e. The monoisotopic (exact) mass is 380 g/mol. The Kier molecular flexibility index (Phi) is 6.40. The van der Waals surface area contributed by atoms with Crippen LogP contribution in [0.5, 0.6) is 0 Å². The summed E-state index contributed by atoms with van der Waals surface area (Å²) in [6, 6.07) is 11.3. The van der Waals surface area contributed by atoms with Crippen LogP contribution >= 0.6 is 0 Å². The summed E-state index contributed by atoms with van der Waals surface area (Å²) in [7, 11) is 0. The van der Waals surface area contributed by atoms with E-state index in [9.17, 15) is 4.79 Å². The van der Waals surface area contributed by atoms with Gasteiger partial charge in [0.05, 0.1) is 11.6 Å². The number of benzene rings is 1. The highest BCUT2D eigenvalue weighted by molar-refractivity contribution is 5.77. The minimum Gasteiger partial charge on any atom is -0.387 e. The molecular weight excluding hydrogens is 356 g/mol. The fourth-order valence-corrected chi connectivity index (χ4v) is 3.24. The average molecular weight is 380 g/mol. The van der Waals surface area contributed by atoms with Crippen molar-refractivity contribution in [2.24, 2.45) is 0 Å². The third-order valence-corrected chi connectivity index (χ3v) is 4.54. The Balaban J connectivity index is 1.80. The van der Waals surface area contributed by atoms with Gasteiger partial charge in [-0.15, -0.1) is 0 Å². The second-order valence-electron chi connectivity index (χ2n) is 6.77. The number of aliphatic hydroxyl groups is 1. The molecule has 3 N–H and O–H groups in total. The lowest BCUT2D eigenvalue weighted by Gasteiger charge is -2.19. The molecule has 1 saturated heterocycles. The summed E-state index contributed by atoms with van der Waals surface area (Å²) >= 11 is 0. The van der Waals surface area contributed by atoms with Gasteiger partial charge in [-0.1, -0.05) is 19.4 Å². The van der Waals surface area contributed by atoms with E-state index >= 15 is 0 Å². The molecule has 28 heavy (non-hydrogen) atoms. The quantitative estimate of drug-likeness (QED) is 0.670. The minimum absolute atomic E-state index is 0.00652. The smallest absolute Gasteiger partial charge is 0.245 e. The van der Waals surface area contributed by atoms with E-state index < -0.39 is 6.61 Å². The highest BCUT2D eigenvalue weighted by atomic mass is 16.3. The van der Waals surface area contributed by atoms with Crippen molar-refractivity contribution in [3.05, 3.63) is 41.6 Å². The van der Waals surface area contributed by atoms with Gasteiger partial charge >= 0.3 is 0 Å². The lowest BCUT2D eigenvalue weighted by Crippen LogP contribution is -2.38. The van der Waals surface area contributed by atoms with Crippen LogP contribution in [0.1, 0.15) is 31.0 Å². The zero-order valence-electron chi connectivity index (χ0n) is 15.9. The zero-order valence-corrected chi connectivity index (χ0v) is 15.9. The van der Waals surface area contributed by atoms with Gasteiger partial charge in [-0.25, -0.2) is 4.98 Å². The molecule has 146 valence electrons. The number of carbonyl (C=O) groups is 1. The maximum absolute atomic E-state index is 11.4. The summed E-state index contributed by atoms with van der Waals surface area (Å²) in [5, 5.41) is 24.0. The molecule has 1 aliphatic rings. The molecule has 0 saturated carbocycles. The number of hydrogen-bond donors (Lipinski definition) is 3. The molecule has 1 fully saturated rings. The minimum atomic E-state index is -0.500. The Bertz CT molecular complexity index is 879. The number of amides is 1. The van der Waals surface area contributed by atoms with Crippen molar-refractivity contribution >= 4 is 23.4 Å². The molecule has 8 nitrogen and oxygen atoms in total. The number of carbonyl (C=O) groups excluding carboxylic acids is 1. The largest absolute Gasteiger partial charge is 0.387 e. The van der Waals surface area contributed by atoms with Crippen molar-refractivity contribution < 1.29 is 9.90 Å². The third-order valence-electron chi connectivity index (χ3n) is 4.54. The Labute approximate surface area is 164 Å². The van der Waals surface area contributed by atoms with Crippen LogP contribution in [0.2, 0.25) is 0 Å². The van der Waals surface area contributed by atoms with Crippen LogP contribution in [0.15, 0.2) is 30.3 Å². The third kappa shape index (κ3) is 4.96. The molecule has 2 heterocycles. The number of aliphatic hydroxyl groups excluding tert-OH is 1. The fourth-order valence-electron chi connectivity index (χ4n) is 3.24. The first-order chi connectivity index (χ1) is 13.6. The van der Waals surface area contributed by atoms with Gasteiger partial charge in [-0.3, -0.25) is 4.79 Å². The summed E-state index contributed by atoms with van der Waals surface area (Å²) < 4.78 is 0. The van der Waals surface area contributed by atoms with E-state index in [1.54, 1.807) is 12.1 Å². The number of nitrogens with one attached hydrogen (secondary N) is 2. The molecule has 0 bridgehead atoms. The van der Waals surface area contributed by atoms with E-state index in [2.05, 4.69) is 38.5 Å². The van der Waals surface area contributed by atoms with Crippen molar-refractivity contribution in [3.63, 3.8) is 0 Å². The van der Waals surface area contributed by atoms with Gasteiger partial charge in [0.1, 0.15) is 12.4 Å². The van der Waals surface area contributed by atoms with E-state index in [0.717, 1.165) is 43.0 Å². The molecule has 0 radical (unpaired) electrons. The van der Waals surface area contributed by atoms with Crippen molar-refractivity contribution in [1.29, 1.82) is 5.26 Å². The highest BCUT2D eigenvalue weighted by Crippen LogP contribution is 2.23. The van der Waals surface area contributed by atoms with Crippen molar-refractivity contribution in [2.75, 3.05) is 29.9 Å². The van der Waals surface area contributed by atoms with Crippen molar-refractivity contribution in [1.82, 2.24) is 15.3 Å². The average Bonchev–Trinajstić information content (AvgIpc) is 3.16. The summed E-state index contributed by atoms with van der Waals surface area (Å²) in [5.41, 5.74) is 2.26. The van der Waals surface area contributed by atoms with Crippen LogP contribution < -0.4 is 15.5 Å². The van der Waals surface area contributed by atoms with Crippen LogP contribution in [-0.4, -0.2) is 46.7 Å². The van der Waals surface area contributed by atoms with Gasteiger partial charge in [-0.05, 0) is 31.0 Å². The standard InChI is InChI=1S/C20H24N6O2/c1-2-4-15-10-18(26-8-7-17(12-26)22-19(28)13-27)25-20(23-15)24-16-6-3-5-14(9-16)11-21/h3,5-6,9-10,17,27H,2,4,7-8,12-13H2,1H3,(H,22,28)(H,23,24,25)/t17-/m0/s1. The Hall–Kier alpha value is -3.18. The molecule has 8 heteroatoms. The van der Waals surface area contributed by atoms with Crippen LogP contribution in [-0.2, 0) is 11.2 Å². The van der Waals surface area contributed by atoms with Crippen LogP contribution in [0.4, 0.5) is 17.5 Å². The van der Waals surface area contributed by atoms with E-state index in [4.69, 9.17) is 10.4 Å². The first-order valence-corrected chi connectivity index (χ1v) is 9.41. The summed E-state index contributed by atoms with van der Waals surface area (Å²) in [6.07, 6.45) is 2.60. The van der Waals surface area contributed by atoms with Crippen molar-refractivity contribution in [2.45, 2.75) is 32.2 Å². The number of aromatic nitrogens is 2. The topological polar surface area (TPSA) is 114 Å². The van der Waals surface area contributed by atoms with Crippen molar-refractivity contribution in [3.8, 4) is 6.07 Å². The molecule has 1 atom stereocenters. The molecular formula is C20H24N6O2. The first-order valence-electron chi connectivity index (χ1n) is 9.41. The lowest BCUT2D eigenvalue weighted by atomic mass is 10.2. The predicted octanol–water partition coefficient (Wildman–Crippen LogP) is 1.73. The number of nitriles is 1. The molecule has 0 aliphatic carbocycles. The van der Waals surface area contributed by atoms with E-state index in [1.165, 1.54) is 0 Å². The number of hydrogen-bond acceptors (Lipinski definition) is 7. The SMILES string of the molecule is CCCc1cc(N2CC[C@H](NC(=O)CO)C2)nc(Nc2cccc(C#N)c2)n1. The molecule has 0 spiro atoms. The second kappa shape index (κ2) is 9.15. The van der Waals surface area contributed by atoms with Crippen LogP contribution in [0, 0.1) is 11.3 Å². The van der Waals surface area contributed by atoms with Gasteiger partial charge in [0.25, 0.3) is 0 Å². The molecule has 2 aromatic rings. The number of rotatable bonds is 7. The van der Waals surface area contributed by atoms with Gasteiger partial charge in [0.15, 0.2) is 0 Å². The van der Waals surface area contributed by atoms with E-state index in [-0.39, 0.29) is 11.9 Å². The maximum atomic E-state index is 11.4. The van der Waals surface area contributed by atoms with Gasteiger partial charge in [0, 0.05) is 36.6 Å². The molecule has 3 rings (SSSR count). The summed E-state index contributed by atoms with van der Waals surface area (Å²) in [4.78, 5) is 22.8. The number of nitrogens with zero attached hydrogens (tertiary/aromatic N) is 4. The zero-order chi connectivity index (χ0) is 19.9. The Morgan fingerprint density at radius 1 is 1.39 bits per heavy atom.